The van der Waals surface area contributed by atoms with Crippen LogP contribution in [0.4, 0.5) is 0 Å². The Labute approximate surface area is 240 Å². The Hall–Kier alpha value is -4.62. The van der Waals surface area contributed by atoms with Crippen molar-refractivity contribution in [2.45, 2.75) is 37.5 Å². The van der Waals surface area contributed by atoms with E-state index in [2.05, 4.69) is 28.4 Å². The number of methoxy groups -OCH3 is 2. The summed E-state index contributed by atoms with van der Waals surface area (Å²) < 4.78 is 11.0. The number of aliphatic carboxylic acids is 1. The zero-order valence-electron chi connectivity index (χ0n) is 23.4. The van der Waals surface area contributed by atoms with Crippen molar-refractivity contribution in [1.29, 1.82) is 0 Å². The number of carbonyl (C=O) groups excluding carboxylic acids is 1. The normalized spacial score (nSPS) is 15.8. The first kappa shape index (κ1) is 27.9. The van der Waals surface area contributed by atoms with Crippen LogP contribution >= 0.6 is 0 Å². The number of nitrogens with one attached hydrogen (secondary N) is 1. The van der Waals surface area contributed by atoms with Gasteiger partial charge >= 0.3 is 5.97 Å². The molecule has 0 spiro atoms. The Morgan fingerprint density at radius 1 is 0.780 bits per heavy atom. The van der Waals surface area contributed by atoms with Crippen molar-refractivity contribution < 1.29 is 24.2 Å². The van der Waals surface area contributed by atoms with Crippen molar-refractivity contribution in [2.24, 2.45) is 0 Å². The second kappa shape index (κ2) is 11.9. The summed E-state index contributed by atoms with van der Waals surface area (Å²) in [5.74, 6) is 0.0236. The average molecular weight is 551 g/mol. The highest BCUT2D eigenvalue weighted by molar-refractivity contribution is 5.87. The van der Waals surface area contributed by atoms with Gasteiger partial charge in [-0.3, -0.25) is 14.5 Å². The summed E-state index contributed by atoms with van der Waals surface area (Å²) in [4.78, 5) is 28.0. The largest absolute Gasteiger partial charge is 0.497 e. The van der Waals surface area contributed by atoms with Crippen LogP contribution in [-0.4, -0.2) is 48.2 Å². The predicted octanol–water partition coefficient (Wildman–Crippen LogP) is 5.01. The number of benzene rings is 4. The fraction of sp³-hybridized carbons (Fsp3) is 0.235. The topological polar surface area (TPSA) is 88.1 Å². The van der Waals surface area contributed by atoms with Crippen LogP contribution in [0.5, 0.6) is 11.5 Å². The molecule has 5 rings (SSSR count). The summed E-state index contributed by atoms with van der Waals surface area (Å²) >= 11 is 0. The molecule has 1 aliphatic heterocycles. The molecule has 4 aromatic rings. The summed E-state index contributed by atoms with van der Waals surface area (Å²) in [5, 5.41) is 12.3. The van der Waals surface area contributed by atoms with Crippen LogP contribution in [0, 0.1) is 0 Å². The highest BCUT2D eigenvalue weighted by Gasteiger charge is 2.49. The fourth-order valence-corrected chi connectivity index (χ4v) is 5.82. The van der Waals surface area contributed by atoms with Crippen molar-refractivity contribution in [3.63, 3.8) is 0 Å². The van der Waals surface area contributed by atoms with E-state index in [-0.39, 0.29) is 5.91 Å². The molecule has 1 aliphatic rings. The maximum atomic E-state index is 14.0. The molecule has 0 bridgehead atoms. The van der Waals surface area contributed by atoms with E-state index in [1.54, 1.807) is 14.2 Å². The number of hydrogen-bond acceptors (Lipinski definition) is 5. The van der Waals surface area contributed by atoms with E-state index in [1.165, 1.54) is 6.92 Å². The second-order valence-corrected chi connectivity index (χ2v) is 10.2. The first-order valence-electron chi connectivity index (χ1n) is 13.6. The number of amides is 1. The SMILES string of the molecule is COc1ccc(C(c2ccccc2)(c2ccc(OC)cc2)N2Cc3ccccc3C[C@H]2C(=O)N[C@@H](C)C(=O)O)cc1. The molecule has 0 aliphatic carbocycles. The maximum Gasteiger partial charge on any atom is 0.325 e. The number of nitrogens with zero attached hydrogens (tertiary/aromatic N) is 1. The molecule has 0 unspecified atom stereocenters. The summed E-state index contributed by atoms with van der Waals surface area (Å²) in [6.45, 7) is 1.95. The Morgan fingerprint density at radius 3 is 1.78 bits per heavy atom. The van der Waals surface area contributed by atoms with Crippen molar-refractivity contribution >= 4 is 11.9 Å². The first-order chi connectivity index (χ1) is 19.9. The van der Waals surface area contributed by atoms with E-state index in [0.29, 0.717) is 13.0 Å². The van der Waals surface area contributed by atoms with Gasteiger partial charge in [-0.25, -0.2) is 0 Å². The Kier molecular flexibility index (Phi) is 8.08. The first-order valence-corrected chi connectivity index (χ1v) is 13.6. The van der Waals surface area contributed by atoms with Crippen LogP contribution in [0.3, 0.4) is 0 Å². The summed E-state index contributed by atoms with van der Waals surface area (Å²) in [6.07, 6.45) is 0.426. The Balaban J connectivity index is 1.80. The van der Waals surface area contributed by atoms with Crippen LogP contribution in [-0.2, 0) is 28.1 Å². The molecular formula is C34H34N2O5. The lowest BCUT2D eigenvalue weighted by Gasteiger charge is -2.51. The maximum absolute atomic E-state index is 14.0. The van der Waals surface area contributed by atoms with Crippen LogP contribution in [0.15, 0.2) is 103 Å². The summed E-state index contributed by atoms with van der Waals surface area (Å²) in [6, 6.07) is 32.4. The summed E-state index contributed by atoms with van der Waals surface area (Å²) in [7, 11) is 3.27. The van der Waals surface area contributed by atoms with E-state index < -0.39 is 23.6 Å². The zero-order valence-corrected chi connectivity index (χ0v) is 23.4. The van der Waals surface area contributed by atoms with E-state index in [1.807, 2.05) is 84.9 Å². The number of ether oxygens (including phenoxy) is 2. The molecule has 7 nitrogen and oxygen atoms in total. The van der Waals surface area contributed by atoms with Crippen molar-refractivity contribution in [2.75, 3.05) is 14.2 Å². The van der Waals surface area contributed by atoms with Gasteiger partial charge in [0.25, 0.3) is 0 Å². The third-order valence-corrected chi connectivity index (χ3v) is 7.92. The second-order valence-electron chi connectivity index (χ2n) is 10.2. The van der Waals surface area contributed by atoms with Gasteiger partial charge in [0.2, 0.25) is 5.91 Å². The fourth-order valence-electron chi connectivity index (χ4n) is 5.82. The lowest BCUT2D eigenvalue weighted by atomic mass is 9.73. The number of fused-ring (bicyclic) bond motifs is 1. The minimum absolute atomic E-state index is 0.336. The van der Waals surface area contributed by atoms with Gasteiger partial charge in [-0.15, -0.1) is 0 Å². The lowest BCUT2D eigenvalue weighted by molar-refractivity contribution is -0.142. The number of carboxylic acids is 1. The highest BCUT2D eigenvalue weighted by atomic mass is 16.5. The van der Waals surface area contributed by atoms with Crippen molar-refractivity contribution in [3.8, 4) is 11.5 Å². The van der Waals surface area contributed by atoms with Crippen LogP contribution in [0.1, 0.15) is 34.7 Å². The van der Waals surface area contributed by atoms with Crippen molar-refractivity contribution in [1.82, 2.24) is 10.2 Å². The quantitative estimate of drug-likeness (QED) is 0.285. The number of hydrogen-bond donors (Lipinski definition) is 2. The van der Waals surface area contributed by atoms with Gasteiger partial charge < -0.3 is 19.9 Å². The molecule has 0 aromatic heterocycles. The van der Waals surface area contributed by atoms with Gasteiger partial charge in [0, 0.05) is 6.54 Å². The molecule has 4 aromatic carbocycles. The molecule has 0 saturated carbocycles. The monoisotopic (exact) mass is 550 g/mol. The molecule has 210 valence electrons. The molecule has 0 saturated heterocycles. The standard InChI is InChI=1S/C34H34N2O5/c1-23(33(38)39)35-32(37)31-21-24-9-7-8-10-25(24)22-36(31)34(26-11-5-4-6-12-26,27-13-17-29(40-2)18-14-27)28-15-19-30(41-3)20-16-28/h4-20,23,31H,21-22H2,1-3H3,(H,35,37)(H,38,39)/t23-,31-/m0/s1. The third kappa shape index (κ3) is 5.28. The van der Waals surface area contributed by atoms with Gasteiger partial charge in [0.05, 0.1) is 25.8 Å². The number of rotatable bonds is 9. The minimum atomic E-state index is -1.08. The van der Waals surface area contributed by atoms with Gasteiger partial charge in [-0.05, 0) is 65.4 Å². The molecule has 2 N–H and O–H groups in total. The highest BCUT2D eigenvalue weighted by Crippen LogP contribution is 2.47. The Bertz CT molecular complexity index is 1460. The van der Waals surface area contributed by atoms with E-state index in [4.69, 9.17) is 9.47 Å². The minimum Gasteiger partial charge on any atom is -0.497 e. The molecule has 1 heterocycles. The van der Waals surface area contributed by atoms with Gasteiger partial charge in [0.15, 0.2) is 0 Å². The third-order valence-electron chi connectivity index (χ3n) is 7.92. The van der Waals surface area contributed by atoms with Gasteiger partial charge in [-0.1, -0.05) is 78.9 Å². The molecular weight excluding hydrogens is 516 g/mol. The molecule has 7 heteroatoms. The van der Waals surface area contributed by atoms with E-state index in [0.717, 1.165) is 39.3 Å². The molecule has 41 heavy (non-hydrogen) atoms. The smallest absolute Gasteiger partial charge is 0.325 e. The predicted molar refractivity (Wildman–Crippen MR) is 157 cm³/mol. The zero-order chi connectivity index (χ0) is 29.0. The molecule has 1 amide bonds. The molecule has 0 radical (unpaired) electrons. The Morgan fingerprint density at radius 2 is 1.27 bits per heavy atom. The number of carbonyl (C=O) groups is 2. The van der Waals surface area contributed by atoms with Crippen LogP contribution in [0.25, 0.3) is 0 Å². The molecule has 2 atom stereocenters. The van der Waals surface area contributed by atoms with Gasteiger partial charge in [0.1, 0.15) is 17.5 Å². The summed E-state index contributed by atoms with van der Waals surface area (Å²) in [5.41, 5.74) is 4.11. The van der Waals surface area contributed by atoms with Gasteiger partial charge in [-0.2, -0.15) is 0 Å². The average Bonchev–Trinajstić information content (AvgIpc) is 3.02. The van der Waals surface area contributed by atoms with E-state index in [9.17, 15) is 14.7 Å². The number of carboxylic acid groups (broad SMARTS) is 1. The molecule has 0 fully saturated rings. The van der Waals surface area contributed by atoms with Crippen LogP contribution in [0.2, 0.25) is 0 Å². The van der Waals surface area contributed by atoms with Crippen molar-refractivity contribution in [3.05, 3.63) is 131 Å². The lowest BCUT2D eigenvalue weighted by Crippen LogP contribution is -2.60. The van der Waals surface area contributed by atoms with E-state index >= 15 is 0 Å². The van der Waals surface area contributed by atoms with Crippen LogP contribution < -0.4 is 14.8 Å².